The topological polar surface area (TPSA) is 37.3 Å². The predicted molar refractivity (Wildman–Crippen MR) is 57.0 cm³/mol. The maximum Gasteiger partial charge on any atom is 0.311 e. The molecular formula is C12H18O2. The molecule has 1 rings (SSSR count). The van der Waals surface area contributed by atoms with Gasteiger partial charge in [0.05, 0.1) is 5.92 Å². The van der Waals surface area contributed by atoms with E-state index in [1.807, 2.05) is 39.8 Å². The third-order valence-electron chi connectivity index (χ3n) is 3.67. The molecule has 1 aliphatic rings. The molecular weight excluding hydrogens is 176 g/mol. The maximum atomic E-state index is 11.1. The standard InChI is InChI=1S/C12H18O2/c1-5-12(4)9(3)8(2)6-7-10(12)11(13)14/h6-7,10H,5H2,1-4H3,(H,13,14). The second-order valence-corrected chi connectivity index (χ2v) is 4.25. The summed E-state index contributed by atoms with van der Waals surface area (Å²) in [5.74, 6) is -1.10. The van der Waals surface area contributed by atoms with Crippen molar-refractivity contribution in [2.75, 3.05) is 0 Å². The molecule has 0 bridgehead atoms. The quantitative estimate of drug-likeness (QED) is 0.733. The summed E-state index contributed by atoms with van der Waals surface area (Å²) in [5.41, 5.74) is 2.19. The van der Waals surface area contributed by atoms with Crippen molar-refractivity contribution in [2.24, 2.45) is 11.3 Å². The Balaban J connectivity index is 3.18. The van der Waals surface area contributed by atoms with Gasteiger partial charge in [-0.1, -0.05) is 37.1 Å². The van der Waals surface area contributed by atoms with Crippen LogP contribution in [-0.4, -0.2) is 11.1 Å². The SMILES string of the molecule is CCC1(C)C(C)=C(C)C=CC1C(=O)O. The summed E-state index contributed by atoms with van der Waals surface area (Å²) in [6.45, 7) is 8.16. The monoisotopic (exact) mass is 194 g/mol. The van der Waals surface area contributed by atoms with Gasteiger partial charge in [-0.2, -0.15) is 0 Å². The molecule has 2 nitrogen and oxygen atoms in total. The van der Waals surface area contributed by atoms with Gasteiger partial charge in [-0.15, -0.1) is 0 Å². The summed E-state index contributed by atoms with van der Waals surface area (Å²) >= 11 is 0. The smallest absolute Gasteiger partial charge is 0.311 e. The van der Waals surface area contributed by atoms with Crippen molar-refractivity contribution in [1.82, 2.24) is 0 Å². The number of carbonyl (C=O) groups is 1. The van der Waals surface area contributed by atoms with Crippen molar-refractivity contribution < 1.29 is 9.90 Å². The van der Waals surface area contributed by atoms with Crippen LogP contribution in [0.2, 0.25) is 0 Å². The zero-order chi connectivity index (χ0) is 10.9. The fraction of sp³-hybridized carbons (Fsp3) is 0.583. The first kappa shape index (κ1) is 11.0. The molecule has 0 aromatic rings. The molecule has 2 atom stereocenters. The number of carboxylic acids is 1. The highest BCUT2D eigenvalue weighted by atomic mass is 16.4. The molecule has 0 radical (unpaired) electrons. The molecule has 2 heteroatoms. The van der Waals surface area contributed by atoms with Gasteiger partial charge in [0.15, 0.2) is 0 Å². The van der Waals surface area contributed by atoms with E-state index >= 15 is 0 Å². The van der Waals surface area contributed by atoms with Crippen LogP contribution in [0.15, 0.2) is 23.3 Å². The van der Waals surface area contributed by atoms with Crippen LogP contribution in [0, 0.1) is 11.3 Å². The van der Waals surface area contributed by atoms with Gasteiger partial charge in [-0.05, 0) is 20.3 Å². The Labute approximate surface area is 85.3 Å². The molecule has 0 heterocycles. The van der Waals surface area contributed by atoms with Crippen LogP contribution in [0.5, 0.6) is 0 Å². The molecule has 2 unspecified atom stereocenters. The van der Waals surface area contributed by atoms with Crippen LogP contribution < -0.4 is 0 Å². The first-order valence-electron chi connectivity index (χ1n) is 5.02. The number of rotatable bonds is 2. The number of hydrogen-bond donors (Lipinski definition) is 1. The van der Waals surface area contributed by atoms with E-state index in [9.17, 15) is 4.79 Å². The van der Waals surface area contributed by atoms with Crippen molar-refractivity contribution in [1.29, 1.82) is 0 Å². The Bertz CT molecular complexity index is 312. The van der Waals surface area contributed by atoms with Crippen molar-refractivity contribution in [3.63, 3.8) is 0 Å². The second kappa shape index (κ2) is 3.60. The van der Waals surface area contributed by atoms with Crippen molar-refractivity contribution >= 4 is 5.97 Å². The lowest BCUT2D eigenvalue weighted by molar-refractivity contribution is -0.143. The van der Waals surface area contributed by atoms with E-state index in [2.05, 4.69) is 0 Å². The average molecular weight is 194 g/mol. The lowest BCUT2D eigenvalue weighted by Crippen LogP contribution is -2.34. The molecule has 14 heavy (non-hydrogen) atoms. The second-order valence-electron chi connectivity index (χ2n) is 4.25. The molecule has 1 aliphatic carbocycles. The molecule has 0 fully saturated rings. The molecule has 1 N–H and O–H groups in total. The number of allylic oxidation sites excluding steroid dienone is 3. The highest BCUT2D eigenvalue weighted by molar-refractivity contribution is 5.75. The Morgan fingerprint density at radius 3 is 2.57 bits per heavy atom. The normalized spacial score (nSPS) is 32.1. The molecule has 0 spiro atoms. The Morgan fingerprint density at radius 1 is 1.57 bits per heavy atom. The third-order valence-corrected chi connectivity index (χ3v) is 3.67. The van der Waals surface area contributed by atoms with Gasteiger partial charge in [-0.25, -0.2) is 0 Å². The molecule has 0 saturated heterocycles. The Kier molecular flexibility index (Phi) is 2.84. The van der Waals surface area contributed by atoms with Crippen LogP contribution in [-0.2, 0) is 4.79 Å². The van der Waals surface area contributed by atoms with Gasteiger partial charge in [0.2, 0.25) is 0 Å². The zero-order valence-corrected chi connectivity index (χ0v) is 9.29. The van der Waals surface area contributed by atoms with Gasteiger partial charge >= 0.3 is 5.97 Å². The van der Waals surface area contributed by atoms with Crippen LogP contribution in [0.25, 0.3) is 0 Å². The Morgan fingerprint density at radius 2 is 2.14 bits per heavy atom. The summed E-state index contributed by atoms with van der Waals surface area (Å²) in [5, 5.41) is 9.14. The van der Waals surface area contributed by atoms with Gasteiger partial charge in [0.25, 0.3) is 0 Å². The number of hydrogen-bond acceptors (Lipinski definition) is 1. The van der Waals surface area contributed by atoms with E-state index < -0.39 is 5.97 Å². The van der Waals surface area contributed by atoms with E-state index in [-0.39, 0.29) is 11.3 Å². The maximum absolute atomic E-state index is 11.1. The van der Waals surface area contributed by atoms with Crippen LogP contribution in [0.3, 0.4) is 0 Å². The van der Waals surface area contributed by atoms with E-state index in [1.165, 1.54) is 11.1 Å². The summed E-state index contributed by atoms with van der Waals surface area (Å²) in [4.78, 5) is 11.1. The van der Waals surface area contributed by atoms with E-state index in [4.69, 9.17) is 5.11 Å². The van der Waals surface area contributed by atoms with Crippen LogP contribution in [0.4, 0.5) is 0 Å². The lowest BCUT2D eigenvalue weighted by Gasteiger charge is -2.37. The fourth-order valence-electron chi connectivity index (χ4n) is 2.10. The number of carboxylic acid groups (broad SMARTS) is 1. The first-order valence-corrected chi connectivity index (χ1v) is 5.02. The molecule has 0 saturated carbocycles. The minimum absolute atomic E-state index is 0.218. The molecule has 0 aromatic heterocycles. The van der Waals surface area contributed by atoms with E-state index in [1.54, 1.807) is 0 Å². The number of aliphatic carboxylic acids is 1. The zero-order valence-electron chi connectivity index (χ0n) is 9.29. The van der Waals surface area contributed by atoms with Crippen LogP contribution in [0.1, 0.15) is 34.1 Å². The Hall–Kier alpha value is -1.05. The van der Waals surface area contributed by atoms with Gasteiger partial charge in [0, 0.05) is 5.41 Å². The summed E-state index contributed by atoms with van der Waals surface area (Å²) < 4.78 is 0. The fourth-order valence-corrected chi connectivity index (χ4v) is 2.10. The first-order chi connectivity index (χ1) is 6.43. The van der Waals surface area contributed by atoms with Crippen molar-refractivity contribution in [3.05, 3.63) is 23.3 Å². The van der Waals surface area contributed by atoms with Crippen molar-refractivity contribution in [2.45, 2.75) is 34.1 Å². The van der Waals surface area contributed by atoms with Crippen molar-refractivity contribution in [3.8, 4) is 0 Å². The average Bonchev–Trinajstić information content (AvgIpc) is 2.13. The summed E-state index contributed by atoms with van der Waals surface area (Å²) in [7, 11) is 0. The minimum Gasteiger partial charge on any atom is -0.481 e. The lowest BCUT2D eigenvalue weighted by atomic mass is 9.66. The minimum atomic E-state index is -0.725. The van der Waals surface area contributed by atoms with Gasteiger partial charge < -0.3 is 5.11 Å². The molecule has 0 aromatic carbocycles. The largest absolute Gasteiger partial charge is 0.481 e. The molecule has 78 valence electrons. The van der Waals surface area contributed by atoms with Gasteiger partial charge in [0.1, 0.15) is 0 Å². The summed E-state index contributed by atoms with van der Waals surface area (Å²) in [6, 6.07) is 0. The third kappa shape index (κ3) is 1.49. The highest BCUT2D eigenvalue weighted by Crippen LogP contribution is 2.43. The highest BCUT2D eigenvalue weighted by Gasteiger charge is 2.39. The molecule has 0 aliphatic heterocycles. The predicted octanol–water partition coefficient (Wildman–Crippen LogP) is 3.01. The van der Waals surface area contributed by atoms with Gasteiger partial charge in [-0.3, -0.25) is 4.79 Å². The van der Waals surface area contributed by atoms with Crippen LogP contribution >= 0.6 is 0 Å². The van der Waals surface area contributed by atoms with E-state index in [0.29, 0.717) is 0 Å². The van der Waals surface area contributed by atoms with E-state index in [0.717, 1.165) is 6.42 Å². The molecule has 0 amide bonds. The summed E-state index contributed by atoms with van der Waals surface area (Å²) in [6.07, 6.45) is 4.59.